The highest BCUT2D eigenvalue weighted by atomic mass is 16.4. The molecular weight excluding hydrogens is 240 g/mol. The van der Waals surface area contributed by atoms with Crippen LogP contribution in [0.3, 0.4) is 0 Å². The van der Waals surface area contributed by atoms with E-state index in [2.05, 4.69) is 11.1 Å². The number of nitrogens with zero attached hydrogens (tertiary/aromatic N) is 2. The van der Waals surface area contributed by atoms with Crippen molar-refractivity contribution in [2.45, 2.75) is 39.0 Å². The number of aliphatic carboxylic acids is 1. The van der Waals surface area contributed by atoms with E-state index >= 15 is 0 Å². The van der Waals surface area contributed by atoms with E-state index in [1.807, 2.05) is 13.0 Å². The summed E-state index contributed by atoms with van der Waals surface area (Å²) in [5, 5.41) is 17.9. The molecule has 0 aliphatic heterocycles. The fourth-order valence-electron chi connectivity index (χ4n) is 2.77. The predicted octanol–water partition coefficient (Wildman–Crippen LogP) is 2.70. The Morgan fingerprint density at radius 2 is 2.16 bits per heavy atom. The molecule has 0 amide bonds. The van der Waals surface area contributed by atoms with Crippen LogP contribution in [0.5, 0.6) is 0 Å². The lowest BCUT2D eigenvalue weighted by atomic mass is 9.79. The highest BCUT2D eigenvalue weighted by Gasteiger charge is 2.26. The SMILES string of the molecule is Cc1ncc(C#N)cc1C[C@H]1CC[C@H](C(=O)O)CC1. The molecule has 0 spiro atoms. The maximum atomic E-state index is 10.9. The largest absolute Gasteiger partial charge is 0.481 e. The number of aromatic nitrogens is 1. The summed E-state index contributed by atoms with van der Waals surface area (Å²) in [5.41, 5.74) is 2.69. The Balaban J connectivity index is 1.99. The summed E-state index contributed by atoms with van der Waals surface area (Å²) in [6.07, 6.45) is 5.94. The maximum absolute atomic E-state index is 10.9. The van der Waals surface area contributed by atoms with Gasteiger partial charge >= 0.3 is 5.97 Å². The van der Waals surface area contributed by atoms with Crippen LogP contribution >= 0.6 is 0 Å². The van der Waals surface area contributed by atoms with Crippen molar-refractivity contribution in [3.8, 4) is 6.07 Å². The molecule has 4 heteroatoms. The molecule has 4 nitrogen and oxygen atoms in total. The quantitative estimate of drug-likeness (QED) is 0.904. The molecule has 1 aromatic rings. The number of rotatable bonds is 3. The van der Waals surface area contributed by atoms with Gasteiger partial charge in [0.15, 0.2) is 0 Å². The van der Waals surface area contributed by atoms with E-state index < -0.39 is 5.97 Å². The summed E-state index contributed by atoms with van der Waals surface area (Å²) in [4.78, 5) is 15.2. The summed E-state index contributed by atoms with van der Waals surface area (Å²) in [7, 11) is 0. The normalized spacial score (nSPS) is 22.7. The molecule has 0 atom stereocenters. The lowest BCUT2D eigenvalue weighted by Crippen LogP contribution is -2.22. The highest BCUT2D eigenvalue weighted by molar-refractivity contribution is 5.69. The van der Waals surface area contributed by atoms with E-state index in [-0.39, 0.29) is 5.92 Å². The lowest BCUT2D eigenvalue weighted by molar-refractivity contribution is -0.143. The zero-order chi connectivity index (χ0) is 13.8. The summed E-state index contributed by atoms with van der Waals surface area (Å²) in [5.74, 6) is -0.311. The number of nitriles is 1. The highest BCUT2D eigenvalue weighted by Crippen LogP contribution is 2.31. The number of carboxylic acids is 1. The standard InChI is InChI=1S/C15H18N2O2/c1-10-14(7-12(8-16)9-17-10)6-11-2-4-13(5-3-11)15(18)19/h7,9,11,13H,2-6H2,1H3,(H,18,19)/t11-,13-. The molecule has 1 N–H and O–H groups in total. The van der Waals surface area contributed by atoms with Crippen molar-refractivity contribution in [1.29, 1.82) is 5.26 Å². The molecular formula is C15H18N2O2. The Morgan fingerprint density at radius 1 is 1.47 bits per heavy atom. The molecule has 100 valence electrons. The molecule has 1 heterocycles. The molecule has 1 aromatic heterocycles. The fraction of sp³-hybridized carbons (Fsp3) is 0.533. The molecule has 1 aliphatic rings. The second-order valence-corrected chi connectivity index (χ2v) is 5.34. The van der Waals surface area contributed by atoms with Gasteiger partial charge in [-0.15, -0.1) is 0 Å². The van der Waals surface area contributed by atoms with Crippen LogP contribution < -0.4 is 0 Å². The van der Waals surface area contributed by atoms with Crippen molar-refractivity contribution < 1.29 is 9.90 Å². The Bertz CT molecular complexity index is 511. The molecule has 1 saturated carbocycles. The van der Waals surface area contributed by atoms with Gasteiger partial charge in [0, 0.05) is 11.9 Å². The van der Waals surface area contributed by atoms with Gasteiger partial charge in [-0.05, 0) is 56.6 Å². The Hall–Kier alpha value is -1.89. The van der Waals surface area contributed by atoms with Crippen molar-refractivity contribution in [2.24, 2.45) is 11.8 Å². The van der Waals surface area contributed by atoms with Crippen LogP contribution in [0.1, 0.15) is 42.5 Å². The summed E-state index contributed by atoms with van der Waals surface area (Å²) < 4.78 is 0. The lowest BCUT2D eigenvalue weighted by Gasteiger charge is -2.26. The van der Waals surface area contributed by atoms with Gasteiger partial charge in [0.2, 0.25) is 0 Å². The monoisotopic (exact) mass is 258 g/mol. The van der Waals surface area contributed by atoms with E-state index in [0.29, 0.717) is 11.5 Å². The third-order valence-electron chi connectivity index (χ3n) is 4.03. The van der Waals surface area contributed by atoms with Crippen LogP contribution in [0, 0.1) is 30.1 Å². The van der Waals surface area contributed by atoms with E-state index in [1.165, 1.54) is 0 Å². The molecule has 0 aromatic carbocycles. The van der Waals surface area contributed by atoms with Crippen LogP contribution in [-0.4, -0.2) is 16.1 Å². The van der Waals surface area contributed by atoms with E-state index in [4.69, 9.17) is 10.4 Å². The third kappa shape index (κ3) is 3.31. The zero-order valence-electron chi connectivity index (χ0n) is 11.1. The molecule has 1 aliphatic carbocycles. The van der Waals surface area contributed by atoms with Crippen molar-refractivity contribution >= 4 is 5.97 Å². The number of carbonyl (C=O) groups is 1. The van der Waals surface area contributed by atoms with Crippen LogP contribution in [0.2, 0.25) is 0 Å². The van der Waals surface area contributed by atoms with Crippen molar-refractivity contribution in [1.82, 2.24) is 4.98 Å². The average molecular weight is 258 g/mol. The first-order valence-electron chi connectivity index (χ1n) is 6.68. The van der Waals surface area contributed by atoms with Crippen LogP contribution in [0.15, 0.2) is 12.3 Å². The fourth-order valence-corrected chi connectivity index (χ4v) is 2.77. The van der Waals surface area contributed by atoms with E-state index in [0.717, 1.165) is 43.4 Å². The summed E-state index contributed by atoms with van der Waals surface area (Å²) in [6, 6.07) is 4.02. The van der Waals surface area contributed by atoms with E-state index in [1.54, 1.807) is 6.20 Å². The summed E-state index contributed by atoms with van der Waals surface area (Å²) >= 11 is 0. The number of pyridine rings is 1. The topological polar surface area (TPSA) is 74.0 Å². The minimum Gasteiger partial charge on any atom is -0.481 e. The molecule has 0 saturated heterocycles. The Labute approximate surface area is 113 Å². The van der Waals surface area contributed by atoms with Gasteiger partial charge in [0.25, 0.3) is 0 Å². The minimum absolute atomic E-state index is 0.166. The van der Waals surface area contributed by atoms with Gasteiger partial charge in [-0.3, -0.25) is 9.78 Å². The van der Waals surface area contributed by atoms with Gasteiger partial charge in [0.05, 0.1) is 11.5 Å². The van der Waals surface area contributed by atoms with Crippen LogP contribution in [0.25, 0.3) is 0 Å². The maximum Gasteiger partial charge on any atom is 0.306 e. The van der Waals surface area contributed by atoms with Crippen LogP contribution in [0.4, 0.5) is 0 Å². The second-order valence-electron chi connectivity index (χ2n) is 5.34. The first-order chi connectivity index (χ1) is 9.10. The Morgan fingerprint density at radius 3 is 2.74 bits per heavy atom. The third-order valence-corrected chi connectivity index (χ3v) is 4.03. The molecule has 0 unspecified atom stereocenters. The molecule has 19 heavy (non-hydrogen) atoms. The average Bonchev–Trinajstić information content (AvgIpc) is 2.42. The van der Waals surface area contributed by atoms with Crippen molar-refractivity contribution in [3.63, 3.8) is 0 Å². The first kappa shape index (κ1) is 13.5. The number of hydrogen-bond donors (Lipinski definition) is 1. The zero-order valence-corrected chi connectivity index (χ0v) is 11.1. The summed E-state index contributed by atoms with van der Waals surface area (Å²) in [6.45, 7) is 1.96. The molecule has 1 fully saturated rings. The van der Waals surface area contributed by atoms with Gasteiger partial charge in [-0.25, -0.2) is 0 Å². The van der Waals surface area contributed by atoms with Crippen LogP contribution in [-0.2, 0) is 11.2 Å². The van der Waals surface area contributed by atoms with Crippen molar-refractivity contribution in [3.05, 3.63) is 29.1 Å². The number of aryl methyl sites for hydroxylation is 1. The Kier molecular flexibility index (Phi) is 4.16. The molecule has 2 rings (SSSR count). The number of carboxylic acid groups (broad SMARTS) is 1. The van der Waals surface area contributed by atoms with Gasteiger partial charge in [-0.1, -0.05) is 0 Å². The van der Waals surface area contributed by atoms with Gasteiger partial charge in [0.1, 0.15) is 6.07 Å². The predicted molar refractivity (Wildman–Crippen MR) is 70.5 cm³/mol. The number of hydrogen-bond acceptors (Lipinski definition) is 3. The second kappa shape index (κ2) is 5.83. The first-order valence-corrected chi connectivity index (χ1v) is 6.68. The molecule has 0 radical (unpaired) electrons. The smallest absolute Gasteiger partial charge is 0.306 e. The molecule has 0 bridgehead atoms. The van der Waals surface area contributed by atoms with Crippen molar-refractivity contribution in [2.75, 3.05) is 0 Å². The van der Waals surface area contributed by atoms with Gasteiger partial charge < -0.3 is 5.11 Å². The van der Waals surface area contributed by atoms with Gasteiger partial charge in [-0.2, -0.15) is 5.26 Å². The minimum atomic E-state index is -0.664. The van der Waals surface area contributed by atoms with E-state index in [9.17, 15) is 4.79 Å².